The minimum absolute atomic E-state index is 0.0174. The molecule has 0 radical (unpaired) electrons. The molecule has 0 unspecified atom stereocenters. The first-order valence-corrected chi connectivity index (χ1v) is 9.84. The van der Waals surface area contributed by atoms with Gasteiger partial charge in [0.25, 0.3) is 5.91 Å². The van der Waals surface area contributed by atoms with E-state index < -0.39 is 0 Å². The fraction of sp³-hybridized carbons (Fsp3) is 0.556. The quantitative estimate of drug-likeness (QED) is 0.755. The minimum atomic E-state index is -0.203. The van der Waals surface area contributed by atoms with Crippen LogP contribution in [-0.2, 0) is 4.79 Å². The number of carbonyl (C=O) groups is 2. The molecular weight excluding hydrogens is 350 g/mol. The molecule has 3 rings (SSSR count). The predicted molar refractivity (Wildman–Crippen MR) is 103 cm³/mol. The average Bonchev–Trinajstić information content (AvgIpc) is 2.91. The van der Waals surface area contributed by atoms with Crippen LogP contribution in [0, 0.1) is 13.8 Å². The van der Waals surface area contributed by atoms with Crippen molar-refractivity contribution in [2.45, 2.75) is 52.5 Å². The predicted octanol–water partition coefficient (Wildman–Crippen LogP) is 2.41. The fourth-order valence-corrected chi connectivity index (χ4v) is 4.12. The average molecular weight is 375 g/mol. The number of hydrogen-bond acceptors (Lipinski definition) is 6. The van der Waals surface area contributed by atoms with E-state index in [0.717, 1.165) is 35.9 Å². The van der Waals surface area contributed by atoms with Gasteiger partial charge in [0.15, 0.2) is 0 Å². The Labute approximate surface area is 157 Å². The number of rotatable bonds is 6. The van der Waals surface area contributed by atoms with Gasteiger partial charge in [0.2, 0.25) is 5.91 Å². The molecule has 0 aromatic carbocycles. The molecule has 0 bridgehead atoms. The highest BCUT2D eigenvalue weighted by molar-refractivity contribution is 7.21. The number of nitrogen functional groups attached to an aromatic ring is 1. The Balaban J connectivity index is 1.60. The van der Waals surface area contributed by atoms with Crippen LogP contribution >= 0.6 is 11.3 Å². The van der Waals surface area contributed by atoms with Gasteiger partial charge in [0, 0.05) is 24.9 Å². The first-order valence-electron chi connectivity index (χ1n) is 9.02. The van der Waals surface area contributed by atoms with Crippen molar-refractivity contribution < 1.29 is 9.59 Å². The Morgan fingerprint density at radius 2 is 2.00 bits per heavy atom. The van der Waals surface area contributed by atoms with Crippen LogP contribution in [0.15, 0.2) is 0 Å². The van der Waals surface area contributed by atoms with Crippen LogP contribution in [0.25, 0.3) is 10.2 Å². The molecule has 26 heavy (non-hydrogen) atoms. The van der Waals surface area contributed by atoms with Gasteiger partial charge in [-0.2, -0.15) is 5.10 Å². The molecule has 3 heterocycles. The molecule has 2 amide bonds. The smallest absolute Gasteiger partial charge is 0.263 e. The Hall–Kier alpha value is -2.22. The number of nitrogens with zero attached hydrogens (tertiary/aromatic N) is 3. The number of anilines is 1. The third-order valence-corrected chi connectivity index (χ3v) is 5.99. The number of amides is 2. The molecule has 1 saturated heterocycles. The zero-order chi connectivity index (χ0) is 18.8. The molecule has 1 aliphatic rings. The van der Waals surface area contributed by atoms with E-state index in [1.165, 1.54) is 11.3 Å². The number of thiophene rings is 1. The summed E-state index contributed by atoms with van der Waals surface area (Å²) in [6.07, 6.45) is 3.70. The van der Waals surface area contributed by atoms with Crippen LogP contribution in [0.1, 0.15) is 53.5 Å². The molecule has 0 atom stereocenters. The maximum absolute atomic E-state index is 12.6. The van der Waals surface area contributed by atoms with Gasteiger partial charge >= 0.3 is 0 Å². The SMILES string of the molecule is CCCCCC(=O)N1CC(NC(=O)c2sc3nnc(C)c(C)c3c2N)C1. The molecule has 0 aliphatic carbocycles. The number of hydrogen-bond donors (Lipinski definition) is 2. The molecule has 1 aliphatic heterocycles. The van der Waals surface area contributed by atoms with Gasteiger partial charge in [-0.05, 0) is 25.8 Å². The van der Waals surface area contributed by atoms with Crippen molar-refractivity contribution >= 4 is 39.1 Å². The van der Waals surface area contributed by atoms with Crippen LogP contribution in [0.4, 0.5) is 5.69 Å². The summed E-state index contributed by atoms with van der Waals surface area (Å²) in [6.45, 7) is 7.07. The second-order valence-corrected chi connectivity index (χ2v) is 7.86. The van der Waals surface area contributed by atoms with E-state index in [1.54, 1.807) is 4.90 Å². The van der Waals surface area contributed by atoms with E-state index in [9.17, 15) is 9.59 Å². The Bertz CT molecular complexity index is 842. The van der Waals surface area contributed by atoms with Gasteiger partial charge in [-0.1, -0.05) is 19.8 Å². The summed E-state index contributed by atoms with van der Waals surface area (Å²) < 4.78 is 0. The lowest BCUT2D eigenvalue weighted by atomic mass is 10.1. The first-order chi connectivity index (χ1) is 12.4. The molecule has 140 valence electrons. The number of nitrogens with one attached hydrogen (secondary N) is 1. The second-order valence-electron chi connectivity index (χ2n) is 6.86. The van der Waals surface area contributed by atoms with Crippen molar-refractivity contribution in [2.75, 3.05) is 18.8 Å². The maximum Gasteiger partial charge on any atom is 0.263 e. The summed E-state index contributed by atoms with van der Waals surface area (Å²) in [5.74, 6) is -0.0302. The number of aromatic nitrogens is 2. The Morgan fingerprint density at radius 3 is 2.69 bits per heavy atom. The van der Waals surface area contributed by atoms with Gasteiger partial charge < -0.3 is 16.0 Å². The van der Waals surface area contributed by atoms with Crippen LogP contribution in [0.2, 0.25) is 0 Å². The lowest BCUT2D eigenvalue weighted by Crippen LogP contribution is -2.60. The van der Waals surface area contributed by atoms with Crippen molar-refractivity contribution in [2.24, 2.45) is 0 Å². The molecule has 2 aromatic rings. The summed E-state index contributed by atoms with van der Waals surface area (Å²) in [5.41, 5.74) is 8.43. The van der Waals surface area contributed by atoms with Crippen molar-refractivity contribution in [1.29, 1.82) is 0 Å². The third-order valence-electron chi connectivity index (χ3n) is 4.90. The molecule has 1 fully saturated rings. The van der Waals surface area contributed by atoms with E-state index >= 15 is 0 Å². The van der Waals surface area contributed by atoms with E-state index in [-0.39, 0.29) is 17.9 Å². The van der Waals surface area contributed by atoms with Crippen molar-refractivity contribution in [3.8, 4) is 0 Å². The van der Waals surface area contributed by atoms with Crippen LogP contribution < -0.4 is 11.1 Å². The number of likely N-dealkylation sites (tertiary alicyclic amines) is 1. The number of aryl methyl sites for hydroxylation is 2. The second kappa shape index (κ2) is 7.57. The van der Waals surface area contributed by atoms with Gasteiger partial charge in [-0.15, -0.1) is 16.4 Å². The van der Waals surface area contributed by atoms with Gasteiger partial charge in [0.1, 0.15) is 9.71 Å². The Morgan fingerprint density at radius 1 is 1.27 bits per heavy atom. The molecule has 2 aromatic heterocycles. The van der Waals surface area contributed by atoms with Crippen molar-refractivity contribution in [3.63, 3.8) is 0 Å². The van der Waals surface area contributed by atoms with Gasteiger partial charge in [0.05, 0.1) is 17.4 Å². The molecule has 0 saturated carbocycles. The number of unbranched alkanes of at least 4 members (excludes halogenated alkanes) is 2. The maximum atomic E-state index is 12.6. The third kappa shape index (κ3) is 3.51. The van der Waals surface area contributed by atoms with Crippen LogP contribution in [0.3, 0.4) is 0 Å². The summed E-state index contributed by atoms with van der Waals surface area (Å²) in [5, 5.41) is 12.0. The van der Waals surface area contributed by atoms with Crippen molar-refractivity contribution in [3.05, 3.63) is 16.1 Å². The number of carbonyl (C=O) groups excluding carboxylic acids is 2. The zero-order valence-electron chi connectivity index (χ0n) is 15.5. The highest BCUT2D eigenvalue weighted by Gasteiger charge is 2.32. The first kappa shape index (κ1) is 18.6. The topological polar surface area (TPSA) is 101 Å². The summed E-state index contributed by atoms with van der Waals surface area (Å²) in [7, 11) is 0. The summed E-state index contributed by atoms with van der Waals surface area (Å²) >= 11 is 1.26. The number of fused-ring (bicyclic) bond motifs is 1. The molecule has 7 nitrogen and oxygen atoms in total. The van der Waals surface area contributed by atoms with E-state index in [4.69, 9.17) is 5.73 Å². The summed E-state index contributed by atoms with van der Waals surface area (Å²) in [4.78, 5) is 27.6. The van der Waals surface area contributed by atoms with Crippen molar-refractivity contribution in [1.82, 2.24) is 20.4 Å². The molecular formula is C18H25N5O2S. The Kier molecular flexibility index (Phi) is 5.41. The molecule has 8 heteroatoms. The largest absolute Gasteiger partial charge is 0.397 e. The zero-order valence-corrected chi connectivity index (χ0v) is 16.3. The fourth-order valence-electron chi connectivity index (χ4n) is 3.12. The highest BCUT2D eigenvalue weighted by atomic mass is 32.1. The minimum Gasteiger partial charge on any atom is -0.397 e. The monoisotopic (exact) mass is 375 g/mol. The molecule has 0 spiro atoms. The summed E-state index contributed by atoms with van der Waals surface area (Å²) in [6, 6.07) is -0.0174. The van der Waals surface area contributed by atoms with Gasteiger partial charge in [-0.3, -0.25) is 9.59 Å². The van der Waals surface area contributed by atoms with Gasteiger partial charge in [-0.25, -0.2) is 0 Å². The van der Waals surface area contributed by atoms with E-state index in [1.807, 2.05) is 13.8 Å². The van der Waals surface area contributed by atoms with E-state index in [0.29, 0.717) is 34.9 Å². The van der Waals surface area contributed by atoms with E-state index in [2.05, 4.69) is 22.4 Å². The lowest BCUT2D eigenvalue weighted by molar-refractivity contribution is -0.136. The normalized spacial score (nSPS) is 14.5. The lowest BCUT2D eigenvalue weighted by Gasteiger charge is -2.39. The molecule has 3 N–H and O–H groups in total. The number of nitrogens with two attached hydrogens (primary N) is 1. The highest BCUT2D eigenvalue weighted by Crippen LogP contribution is 2.34. The standard InChI is InChI=1S/C18H25N5O2S/c1-4-5-6-7-13(24)23-8-12(9-23)20-17(25)16-15(19)14-10(2)11(3)21-22-18(14)26-16/h12H,4-9,19H2,1-3H3,(H,20,25). The van der Waals surface area contributed by atoms with Crippen LogP contribution in [-0.4, -0.2) is 46.0 Å². The van der Waals surface area contributed by atoms with Crippen LogP contribution in [0.5, 0.6) is 0 Å².